The number of rotatable bonds is 2. The first kappa shape index (κ1) is 9.51. The van der Waals surface area contributed by atoms with Gasteiger partial charge in [0.25, 0.3) is 0 Å². The second-order valence-corrected chi connectivity index (χ2v) is 7.04. The van der Waals surface area contributed by atoms with Gasteiger partial charge in [-0.15, -0.1) is 0 Å². The van der Waals surface area contributed by atoms with Crippen molar-refractivity contribution in [3.8, 4) is 0 Å². The van der Waals surface area contributed by atoms with E-state index in [0.29, 0.717) is 19.8 Å². The minimum absolute atomic E-state index is 0.611. The predicted molar refractivity (Wildman–Crippen MR) is 62.1 cm³/mol. The summed E-state index contributed by atoms with van der Waals surface area (Å²) in [5.41, 5.74) is 0. The zero-order valence-corrected chi connectivity index (χ0v) is 10.5. The third-order valence-electron chi connectivity index (χ3n) is 2.02. The van der Waals surface area contributed by atoms with Crippen LogP contribution in [0.15, 0.2) is 42.5 Å². The van der Waals surface area contributed by atoms with Crippen molar-refractivity contribution in [3.05, 3.63) is 42.5 Å². The molecule has 2 rings (SSSR count). The molecule has 1 aliphatic carbocycles. The molecule has 0 unspecified atom stereocenters. The second-order valence-electron chi connectivity index (χ2n) is 3.11. The monoisotopic (exact) mass is 302 g/mol. The van der Waals surface area contributed by atoms with E-state index >= 15 is 0 Å². The SMILES string of the molecule is Br[C@@H]1C=C[C@@H]([Se]c2ccccc2)C1. The summed E-state index contributed by atoms with van der Waals surface area (Å²) >= 11 is 4.23. The Morgan fingerprint density at radius 2 is 1.92 bits per heavy atom. The van der Waals surface area contributed by atoms with Crippen molar-refractivity contribution in [2.24, 2.45) is 0 Å². The average Bonchev–Trinajstić information content (AvgIpc) is 2.53. The van der Waals surface area contributed by atoms with E-state index in [4.69, 9.17) is 0 Å². The van der Waals surface area contributed by atoms with E-state index in [0.717, 1.165) is 4.82 Å². The van der Waals surface area contributed by atoms with Gasteiger partial charge in [0.2, 0.25) is 0 Å². The van der Waals surface area contributed by atoms with Gasteiger partial charge in [-0.2, -0.15) is 0 Å². The summed E-state index contributed by atoms with van der Waals surface area (Å²) in [4.78, 5) is 1.40. The Hall–Kier alpha value is -0.0405. The van der Waals surface area contributed by atoms with E-state index in [1.54, 1.807) is 0 Å². The number of hydrogen-bond acceptors (Lipinski definition) is 0. The third-order valence-corrected chi connectivity index (χ3v) is 5.21. The van der Waals surface area contributed by atoms with Crippen LogP contribution in [0.25, 0.3) is 0 Å². The normalized spacial score (nSPS) is 26.5. The number of alkyl halides is 1. The van der Waals surface area contributed by atoms with Crippen LogP contribution in [0.5, 0.6) is 0 Å². The fourth-order valence-corrected chi connectivity index (χ4v) is 4.91. The van der Waals surface area contributed by atoms with Gasteiger partial charge >= 0.3 is 93.9 Å². The zero-order chi connectivity index (χ0) is 9.10. The van der Waals surface area contributed by atoms with Crippen LogP contribution in [0.4, 0.5) is 0 Å². The molecular weight excluding hydrogens is 291 g/mol. The first-order chi connectivity index (χ1) is 6.34. The average molecular weight is 302 g/mol. The van der Waals surface area contributed by atoms with Gasteiger partial charge < -0.3 is 0 Å². The summed E-state index contributed by atoms with van der Waals surface area (Å²) in [5, 5.41) is 0. The fourth-order valence-electron chi connectivity index (χ4n) is 1.38. The Morgan fingerprint density at radius 3 is 2.54 bits per heavy atom. The van der Waals surface area contributed by atoms with Gasteiger partial charge in [0.1, 0.15) is 0 Å². The summed E-state index contributed by atoms with van der Waals surface area (Å²) < 4.78 is 1.51. The van der Waals surface area contributed by atoms with Crippen molar-refractivity contribution in [1.82, 2.24) is 0 Å². The zero-order valence-electron chi connectivity index (χ0n) is 7.19. The van der Waals surface area contributed by atoms with E-state index in [2.05, 4.69) is 58.4 Å². The molecule has 1 aromatic rings. The first-order valence-corrected chi connectivity index (χ1v) is 7.15. The van der Waals surface area contributed by atoms with Crippen LogP contribution in [0.3, 0.4) is 0 Å². The van der Waals surface area contributed by atoms with Crippen molar-refractivity contribution in [2.45, 2.75) is 16.1 Å². The van der Waals surface area contributed by atoms with Crippen LogP contribution >= 0.6 is 15.9 Å². The first-order valence-electron chi connectivity index (χ1n) is 4.39. The Balaban J connectivity index is 1.96. The van der Waals surface area contributed by atoms with Crippen molar-refractivity contribution < 1.29 is 0 Å². The molecule has 2 atom stereocenters. The quantitative estimate of drug-likeness (QED) is 0.447. The van der Waals surface area contributed by atoms with Gasteiger partial charge in [-0.25, -0.2) is 0 Å². The maximum atomic E-state index is 3.62. The molecule has 1 aromatic carbocycles. The van der Waals surface area contributed by atoms with Crippen molar-refractivity contribution in [1.29, 1.82) is 0 Å². The minimum atomic E-state index is 0.611. The molecule has 1 aliphatic rings. The van der Waals surface area contributed by atoms with Crippen LogP contribution in [0.1, 0.15) is 6.42 Å². The van der Waals surface area contributed by atoms with E-state index in [9.17, 15) is 0 Å². The Labute approximate surface area is 93.7 Å². The predicted octanol–water partition coefficient (Wildman–Crippen LogP) is 2.53. The molecule has 0 fully saturated rings. The molecule has 0 saturated heterocycles. The molecule has 13 heavy (non-hydrogen) atoms. The Bertz CT molecular complexity index is 294. The topological polar surface area (TPSA) is 0 Å². The van der Waals surface area contributed by atoms with E-state index < -0.39 is 0 Å². The molecule has 0 nitrogen and oxygen atoms in total. The molecule has 0 spiro atoms. The number of benzene rings is 1. The van der Waals surface area contributed by atoms with Crippen LogP contribution in [0, 0.1) is 0 Å². The van der Waals surface area contributed by atoms with Gasteiger partial charge in [0.05, 0.1) is 0 Å². The standard InChI is InChI=1S/C11H11BrSe/c12-9-6-7-11(8-9)13-10-4-2-1-3-5-10/h1-7,9,11H,8H2/t9-,11-/m1/s1. The van der Waals surface area contributed by atoms with E-state index in [1.807, 2.05) is 0 Å². The molecule has 0 heterocycles. The van der Waals surface area contributed by atoms with E-state index in [-0.39, 0.29) is 0 Å². The molecular formula is C11H11BrSe. The molecule has 0 saturated carbocycles. The number of halogens is 1. The summed E-state index contributed by atoms with van der Waals surface area (Å²) in [6.45, 7) is 0. The molecule has 0 bridgehead atoms. The van der Waals surface area contributed by atoms with Crippen LogP contribution in [0.2, 0.25) is 4.82 Å². The second kappa shape index (κ2) is 4.45. The van der Waals surface area contributed by atoms with Gasteiger partial charge in [-0.3, -0.25) is 0 Å². The van der Waals surface area contributed by atoms with Crippen LogP contribution in [-0.4, -0.2) is 19.8 Å². The summed E-state index contributed by atoms with van der Waals surface area (Å²) in [6.07, 6.45) is 5.90. The number of allylic oxidation sites excluding steroid dienone is 2. The summed E-state index contributed by atoms with van der Waals surface area (Å²) in [5.74, 6) is 0. The van der Waals surface area contributed by atoms with Crippen molar-refractivity contribution in [3.63, 3.8) is 0 Å². The summed E-state index contributed by atoms with van der Waals surface area (Å²) in [6, 6.07) is 10.8. The molecule has 0 N–H and O–H groups in total. The van der Waals surface area contributed by atoms with Crippen LogP contribution < -0.4 is 4.46 Å². The molecule has 0 radical (unpaired) electrons. The van der Waals surface area contributed by atoms with Gasteiger partial charge in [0, 0.05) is 0 Å². The summed E-state index contributed by atoms with van der Waals surface area (Å²) in [7, 11) is 0. The Kier molecular flexibility index (Phi) is 3.26. The Morgan fingerprint density at radius 1 is 1.15 bits per heavy atom. The van der Waals surface area contributed by atoms with Crippen molar-refractivity contribution in [2.75, 3.05) is 0 Å². The fraction of sp³-hybridized carbons (Fsp3) is 0.273. The van der Waals surface area contributed by atoms with Crippen LogP contribution in [-0.2, 0) is 0 Å². The molecule has 0 aromatic heterocycles. The molecule has 0 amide bonds. The number of hydrogen-bond donors (Lipinski definition) is 0. The van der Waals surface area contributed by atoms with Gasteiger partial charge in [-0.1, -0.05) is 0 Å². The van der Waals surface area contributed by atoms with Crippen molar-refractivity contribution >= 4 is 35.3 Å². The van der Waals surface area contributed by atoms with E-state index in [1.165, 1.54) is 10.9 Å². The van der Waals surface area contributed by atoms with Gasteiger partial charge in [0.15, 0.2) is 0 Å². The molecule has 0 aliphatic heterocycles. The molecule has 2 heteroatoms. The van der Waals surface area contributed by atoms with Gasteiger partial charge in [-0.05, 0) is 0 Å². The third kappa shape index (κ3) is 2.70. The molecule has 68 valence electrons. The maximum absolute atomic E-state index is 3.62.